The molecule has 0 spiro atoms. The Morgan fingerprint density at radius 1 is 1.29 bits per heavy atom. The van der Waals surface area contributed by atoms with Crippen LogP contribution in [0.3, 0.4) is 0 Å². The minimum atomic E-state index is 0.576. The van der Waals surface area contributed by atoms with E-state index in [1.165, 1.54) is 8.66 Å². The van der Waals surface area contributed by atoms with Gasteiger partial charge < -0.3 is 4.57 Å². The Morgan fingerprint density at radius 2 is 2.14 bits per heavy atom. The topological polar surface area (TPSA) is 30.7 Å². The van der Waals surface area contributed by atoms with E-state index in [4.69, 9.17) is 16.6 Å². The average molecular weight is 385 g/mol. The number of thiophene rings is 1. The van der Waals surface area contributed by atoms with Crippen LogP contribution >= 0.6 is 38.9 Å². The fourth-order valence-electron chi connectivity index (χ4n) is 2.40. The van der Waals surface area contributed by atoms with Gasteiger partial charge in [0.05, 0.1) is 3.79 Å². The van der Waals surface area contributed by atoms with Crippen molar-refractivity contribution < 1.29 is 0 Å². The van der Waals surface area contributed by atoms with Crippen LogP contribution in [0.25, 0.3) is 11.2 Å². The Hall–Kier alpha value is -0.910. The number of halogens is 2. The van der Waals surface area contributed by atoms with Gasteiger partial charge in [-0.25, -0.2) is 9.97 Å². The quantitative estimate of drug-likeness (QED) is 0.602. The Morgan fingerprint density at radius 3 is 2.86 bits per heavy atom. The summed E-state index contributed by atoms with van der Waals surface area (Å²) in [5.74, 6) is 1.60. The number of rotatable bonds is 5. The maximum absolute atomic E-state index is 5.92. The first kappa shape index (κ1) is 15.0. The van der Waals surface area contributed by atoms with Crippen LogP contribution in [-0.2, 0) is 19.4 Å². The second-order valence-corrected chi connectivity index (χ2v) is 7.80. The summed E-state index contributed by atoms with van der Waals surface area (Å²) < 4.78 is 3.38. The molecule has 0 N–H and O–H groups in total. The lowest BCUT2D eigenvalue weighted by Gasteiger charge is -2.07. The van der Waals surface area contributed by atoms with Crippen molar-refractivity contribution in [1.29, 1.82) is 0 Å². The molecule has 3 aromatic rings. The Labute approximate surface area is 141 Å². The van der Waals surface area contributed by atoms with Crippen molar-refractivity contribution in [1.82, 2.24) is 14.5 Å². The van der Waals surface area contributed by atoms with Gasteiger partial charge in [0.1, 0.15) is 11.3 Å². The molecule has 0 radical (unpaired) electrons. The zero-order valence-corrected chi connectivity index (χ0v) is 14.8. The molecule has 21 heavy (non-hydrogen) atoms. The lowest BCUT2D eigenvalue weighted by molar-refractivity contribution is 0.674. The molecule has 0 atom stereocenters. The monoisotopic (exact) mass is 383 g/mol. The molecule has 0 fully saturated rings. The van der Waals surface area contributed by atoms with Gasteiger partial charge in [0.2, 0.25) is 0 Å². The van der Waals surface area contributed by atoms with Crippen LogP contribution in [0.15, 0.2) is 28.2 Å². The average Bonchev–Trinajstić information content (AvgIpc) is 3.02. The standard InChI is InChI=1S/C15H15BrClN3S/c1-10-5-8-18-15-14(10)19-13(4-7-17)20(15)9-6-11-2-3-12(16)21-11/h2-3,5,8H,4,6-7,9H2,1H3. The summed E-state index contributed by atoms with van der Waals surface area (Å²) in [5.41, 5.74) is 3.11. The molecule has 0 bridgehead atoms. The first-order valence-corrected chi connectivity index (χ1v) is 8.94. The van der Waals surface area contributed by atoms with Gasteiger partial charge in [0.25, 0.3) is 0 Å². The minimum Gasteiger partial charge on any atom is -0.312 e. The van der Waals surface area contributed by atoms with E-state index < -0.39 is 0 Å². The van der Waals surface area contributed by atoms with Gasteiger partial charge in [0.15, 0.2) is 5.65 Å². The normalized spacial score (nSPS) is 11.4. The van der Waals surface area contributed by atoms with Gasteiger partial charge >= 0.3 is 0 Å². The number of imidazole rings is 1. The third kappa shape index (κ3) is 3.15. The van der Waals surface area contributed by atoms with Gasteiger partial charge in [-0.15, -0.1) is 22.9 Å². The Balaban J connectivity index is 1.95. The zero-order valence-electron chi connectivity index (χ0n) is 11.6. The molecule has 0 saturated heterocycles. The highest BCUT2D eigenvalue weighted by Crippen LogP contribution is 2.24. The lowest BCUT2D eigenvalue weighted by atomic mass is 10.3. The Kier molecular flexibility index (Phi) is 4.62. The summed E-state index contributed by atoms with van der Waals surface area (Å²) in [4.78, 5) is 10.6. The molecular weight excluding hydrogens is 370 g/mol. The molecule has 0 aliphatic rings. The van der Waals surface area contributed by atoms with E-state index in [1.807, 2.05) is 12.3 Å². The van der Waals surface area contributed by atoms with Gasteiger partial charge in [-0.3, -0.25) is 0 Å². The fourth-order valence-corrected chi connectivity index (χ4v) is 4.04. The summed E-state index contributed by atoms with van der Waals surface area (Å²) in [6.07, 6.45) is 3.60. The van der Waals surface area contributed by atoms with Crippen LogP contribution in [-0.4, -0.2) is 20.4 Å². The van der Waals surface area contributed by atoms with Crippen LogP contribution in [0.2, 0.25) is 0 Å². The van der Waals surface area contributed by atoms with E-state index in [9.17, 15) is 0 Å². The molecule has 3 rings (SSSR count). The second kappa shape index (κ2) is 6.46. The SMILES string of the molecule is Cc1ccnc2c1nc(CCCl)n2CCc1ccc(Br)s1. The van der Waals surface area contributed by atoms with Gasteiger partial charge in [-0.05, 0) is 53.0 Å². The highest BCUT2D eigenvalue weighted by Gasteiger charge is 2.13. The number of pyridine rings is 1. The summed E-state index contributed by atoms with van der Waals surface area (Å²) in [5, 5.41) is 0. The number of aryl methyl sites for hydroxylation is 4. The molecule has 0 aromatic carbocycles. The maximum atomic E-state index is 5.92. The maximum Gasteiger partial charge on any atom is 0.160 e. The summed E-state index contributed by atoms with van der Waals surface area (Å²) in [7, 11) is 0. The van der Waals surface area contributed by atoms with E-state index in [-0.39, 0.29) is 0 Å². The summed E-state index contributed by atoms with van der Waals surface area (Å²) in [6.45, 7) is 2.95. The molecular formula is C15H15BrClN3S. The van der Waals surface area contributed by atoms with Gasteiger partial charge in [-0.1, -0.05) is 0 Å². The third-order valence-corrected chi connectivity index (χ3v) is 5.32. The summed E-state index contributed by atoms with van der Waals surface area (Å²) in [6, 6.07) is 6.25. The first-order valence-electron chi connectivity index (χ1n) is 6.80. The number of hydrogen-bond acceptors (Lipinski definition) is 3. The van der Waals surface area contributed by atoms with E-state index in [0.29, 0.717) is 5.88 Å². The fraction of sp³-hybridized carbons (Fsp3) is 0.333. The van der Waals surface area contributed by atoms with Crippen molar-refractivity contribution in [2.75, 3.05) is 5.88 Å². The van der Waals surface area contributed by atoms with E-state index in [0.717, 1.165) is 41.9 Å². The molecule has 3 heterocycles. The number of fused-ring (bicyclic) bond motifs is 1. The Bertz CT molecular complexity index is 765. The predicted octanol–water partition coefficient (Wildman–Crippen LogP) is 4.59. The molecule has 3 aromatic heterocycles. The number of nitrogens with zero attached hydrogens (tertiary/aromatic N) is 3. The molecule has 110 valence electrons. The smallest absolute Gasteiger partial charge is 0.160 e. The van der Waals surface area contributed by atoms with Crippen molar-refractivity contribution in [3.63, 3.8) is 0 Å². The lowest BCUT2D eigenvalue weighted by Crippen LogP contribution is -2.07. The van der Waals surface area contributed by atoms with Crippen molar-refractivity contribution in [3.8, 4) is 0 Å². The molecule has 6 heteroatoms. The summed E-state index contributed by atoms with van der Waals surface area (Å²) >= 11 is 11.2. The minimum absolute atomic E-state index is 0.576. The van der Waals surface area contributed by atoms with Crippen molar-refractivity contribution >= 4 is 50.0 Å². The highest BCUT2D eigenvalue weighted by atomic mass is 79.9. The first-order chi connectivity index (χ1) is 10.2. The molecule has 0 saturated carbocycles. The number of alkyl halides is 1. The van der Waals surface area contributed by atoms with Crippen LogP contribution in [0, 0.1) is 6.92 Å². The zero-order chi connectivity index (χ0) is 14.8. The van der Waals surface area contributed by atoms with Crippen LogP contribution in [0.4, 0.5) is 0 Å². The van der Waals surface area contributed by atoms with E-state index >= 15 is 0 Å². The number of aromatic nitrogens is 3. The highest BCUT2D eigenvalue weighted by molar-refractivity contribution is 9.11. The van der Waals surface area contributed by atoms with E-state index in [2.05, 4.69) is 44.5 Å². The van der Waals surface area contributed by atoms with Crippen molar-refractivity contribution in [3.05, 3.63) is 44.4 Å². The molecule has 0 aliphatic heterocycles. The van der Waals surface area contributed by atoms with Crippen LogP contribution in [0.5, 0.6) is 0 Å². The molecule has 3 nitrogen and oxygen atoms in total. The molecule has 0 aliphatic carbocycles. The van der Waals surface area contributed by atoms with Crippen molar-refractivity contribution in [2.24, 2.45) is 0 Å². The van der Waals surface area contributed by atoms with Gasteiger partial charge in [-0.2, -0.15) is 0 Å². The van der Waals surface area contributed by atoms with Gasteiger partial charge in [0, 0.05) is 29.9 Å². The predicted molar refractivity (Wildman–Crippen MR) is 92.4 cm³/mol. The second-order valence-electron chi connectivity index (χ2n) is 4.87. The number of hydrogen-bond donors (Lipinski definition) is 0. The largest absolute Gasteiger partial charge is 0.312 e. The van der Waals surface area contributed by atoms with E-state index in [1.54, 1.807) is 11.3 Å². The van der Waals surface area contributed by atoms with Crippen molar-refractivity contribution in [2.45, 2.75) is 26.3 Å². The third-order valence-electron chi connectivity index (χ3n) is 3.44. The van der Waals surface area contributed by atoms with Crippen LogP contribution in [0.1, 0.15) is 16.3 Å². The molecule has 0 unspecified atom stereocenters. The molecule has 0 amide bonds. The van der Waals surface area contributed by atoms with Crippen LogP contribution < -0.4 is 0 Å².